The van der Waals surface area contributed by atoms with Crippen LogP contribution in [0.2, 0.25) is 5.02 Å². The van der Waals surface area contributed by atoms with E-state index in [4.69, 9.17) is 11.6 Å². The van der Waals surface area contributed by atoms with Gasteiger partial charge in [-0.15, -0.1) is 0 Å². The average Bonchev–Trinajstić information content (AvgIpc) is 2.61. The van der Waals surface area contributed by atoms with Crippen LogP contribution >= 0.6 is 11.6 Å². The zero-order valence-corrected chi connectivity index (χ0v) is 14.2. The van der Waals surface area contributed by atoms with Crippen LogP contribution in [-0.4, -0.2) is 23.9 Å². The minimum absolute atomic E-state index is 0.233. The molecule has 0 aromatic heterocycles. The summed E-state index contributed by atoms with van der Waals surface area (Å²) in [6, 6.07) is 5.52. The van der Waals surface area contributed by atoms with E-state index in [1.807, 2.05) is 0 Å². The van der Waals surface area contributed by atoms with E-state index < -0.39 is 39.2 Å². The van der Waals surface area contributed by atoms with Gasteiger partial charge in [-0.2, -0.15) is 13.2 Å². The molecule has 142 valence electrons. The van der Waals surface area contributed by atoms with Crippen molar-refractivity contribution in [3.63, 3.8) is 0 Å². The van der Waals surface area contributed by atoms with Crippen molar-refractivity contribution in [2.24, 2.45) is 0 Å². The van der Waals surface area contributed by atoms with Crippen LogP contribution in [-0.2, 0) is 10.9 Å². The predicted octanol–water partition coefficient (Wildman–Crippen LogP) is 4.31. The third-order valence-corrected chi connectivity index (χ3v) is 3.67. The van der Waals surface area contributed by atoms with Crippen LogP contribution in [0.3, 0.4) is 0 Å². The van der Waals surface area contributed by atoms with Gasteiger partial charge in [0.05, 0.1) is 28.2 Å². The molecule has 11 heteroatoms. The van der Waals surface area contributed by atoms with Crippen LogP contribution in [0.15, 0.2) is 36.4 Å². The monoisotopic (exact) mass is 402 g/mol. The fourth-order valence-electron chi connectivity index (χ4n) is 2.11. The molecule has 2 rings (SSSR count). The Morgan fingerprint density at radius 2 is 1.78 bits per heavy atom. The first-order valence-corrected chi connectivity index (χ1v) is 7.46. The number of hydrogen-bond acceptors (Lipinski definition) is 5. The lowest BCUT2D eigenvalue weighted by atomic mass is 10.1. The number of halogens is 4. The predicted molar refractivity (Wildman–Crippen MR) is 88.8 cm³/mol. The first kappa shape index (κ1) is 20.2. The molecule has 2 aromatic carbocycles. The Morgan fingerprint density at radius 3 is 2.33 bits per heavy atom. The fraction of sp³-hybridized carbons (Fsp3) is 0.125. The lowest BCUT2D eigenvalue weighted by molar-refractivity contribution is -0.384. The van der Waals surface area contributed by atoms with Crippen LogP contribution < -0.4 is 5.32 Å². The summed E-state index contributed by atoms with van der Waals surface area (Å²) in [5.74, 6) is -1.88. The molecule has 7 nitrogen and oxygen atoms in total. The second kappa shape index (κ2) is 7.62. The number of benzene rings is 2. The minimum atomic E-state index is -4.73. The summed E-state index contributed by atoms with van der Waals surface area (Å²) in [5.41, 5.74) is -2.52. The van der Waals surface area contributed by atoms with Crippen LogP contribution in [0.5, 0.6) is 0 Å². The summed E-state index contributed by atoms with van der Waals surface area (Å²) in [5, 5.41) is 12.6. The van der Waals surface area contributed by atoms with Crippen LogP contribution in [0.25, 0.3) is 0 Å². The van der Waals surface area contributed by atoms with Crippen molar-refractivity contribution in [1.82, 2.24) is 0 Å². The first-order valence-electron chi connectivity index (χ1n) is 7.09. The van der Waals surface area contributed by atoms with Gasteiger partial charge in [0.1, 0.15) is 0 Å². The zero-order chi connectivity index (χ0) is 20.4. The molecule has 1 amide bonds. The Morgan fingerprint density at radius 1 is 1.15 bits per heavy atom. The van der Waals surface area contributed by atoms with Gasteiger partial charge < -0.3 is 10.1 Å². The average molecular weight is 403 g/mol. The number of methoxy groups -OCH3 is 1. The van der Waals surface area contributed by atoms with Crippen LogP contribution in [0.1, 0.15) is 26.3 Å². The number of nitrogens with one attached hydrogen (secondary N) is 1. The number of ether oxygens (including phenoxy) is 1. The maximum absolute atomic E-state index is 12.9. The largest absolute Gasteiger partial charge is 0.465 e. The Bertz CT molecular complexity index is 931. The van der Waals surface area contributed by atoms with Gasteiger partial charge >= 0.3 is 12.1 Å². The molecule has 0 saturated heterocycles. The lowest BCUT2D eigenvalue weighted by Gasteiger charge is -2.12. The number of esters is 1. The fourth-order valence-corrected chi connectivity index (χ4v) is 2.33. The van der Waals surface area contributed by atoms with E-state index in [1.165, 1.54) is 0 Å². The molecule has 2 aromatic rings. The van der Waals surface area contributed by atoms with Gasteiger partial charge in [0.15, 0.2) is 0 Å². The number of hydrogen-bond donors (Lipinski definition) is 1. The summed E-state index contributed by atoms with van der Waals surface area (Å²) in [4.78, 5) is 34.0. The van der Waals surface area contributed by atoms with E-state index in [1.54, 1.807) is 0 Å². The number of rotatable bonds is 4. The second-order valence-corrected chi connectivity index (χ2v) is 5.57. The quantitative estimate of drug-likeness (QED) is 0.467. The molecule has 0 saturated carbocycles. The summed E-state index contributed by atoms with van der Waals surface area (Å²) in [6.07, 6.45) is -4.73. The van der Waals surface area contributed by atoms with Gasteiger partial charge in [-0.05, 0) is 24.3 Å². The minimum Gasteiger partial charge on any atom is -0.465 e. The third kappa shape index (κ3) is 4.73. The third-order valence-electron chi connectivity index (χ3n) is 3.34. The van der Waals surface area contributed by atoms with Gasteiger partial charge in [0, 0.05) is 23.4 Å². The number of nitrogens with zero attached hydrogens (tertiary/aromatic N) is 1. The van der Waals surface area contributed by atoms with Gasteiger partial charge in [0.2, 0.25) is 0 Å². The van der Waals surface area contributed by atoms with Crippen molar-refractivity contribution < 1.29 is 32.4 Å². The van der Waals surface area contributed by atoms with E-state index in [0.29, 0.717) is 6.07 Å². The summed E-state index contributed by atoms with van der Waals surface area (Å²) in [6.45, 7) is 0. The van der Waals surface area contributed by atoms with E-state index in [2.05, 4.69) is 10.1 Å². The van der Waals surface area contributed by atoms with Crippen molar-refractivity contribution in [3.8, 4) is 0 Å². The van der Waals surface area contributed by atoms with Crippen molar-refractivity contribution in [2.75, 3.05) is 12.4 Å². The molecule has 0 spiro atoms. The summed E-state index contributed by atoms with van der Waals surface area (Å²) >= 11 is 5.50. The van der Waals surface area contributed by atoms with E-state index in [0.717, 1.165) is 37.4 Å². The van der Waals surface area contributed by atoms with Gasteiger partial charge in [-0.3, -0.25) is 14.9 Å². The number of alkyl halides is 3. The highest BCUT2D eigenvalue weighted by molar-refractivity contribution is 6.31. The molecule has 0 radical (unpaired) electrons. The number of carbonyl (C=O) groups excluding carboxylic acids is 2. The molecular weight excluding hydrogens is 393 g/mol. The first-order chi connectivity index (χ1) is 12.5. The molecule has 1 N–H and O–H groups in total. The van der Waals surface area contributed by atoms with Crippen molar-refractivity contribution in [1.29, 1.82) is 0 Å². The SMILES string of the molecule is COC(=O)c1cc(C(=O)Nc2ccc(Cl)c(C(F)(F)F)c2)cc([N+](=O)[O-])c1. The van der Waals surface area contributed by atoms with Crippen LogP contribution in [0, 0.1) is 10.1 Å². The standard InChI is InChI=1S/C16H10ClF3N2O5/c1-27-15(24)9-4-8(5-11(6-9)22(25)26)14(23)21-10-2-3-13(17)12(7-10)16(18,19)20/h2-7H,1H3,(H,21,23). The number of amides is 1. The number of nitro benzene ring substituents is 1. The van der Waals surface area contributed by atoms with Gasteiger partial charge in [-0.25, -0.2) is 4.79 Å². The number of non-ortho nitro benzene ring substituents is 1. The zero-order valence-electron chi connectivity index (χ0n) is 13.5. The van der Waals surface area contributed by atoms with E-state index in [-0.39, 0.29) is 16.8 Å². The highest BCUT2D eigenvalue weighted by Crippen LogP contribution is 2.36. The Labute approximate surface area is 154 Å². The number of nitro groups is 1. The number of carbonyl (C=O) groups is 2. The maximum Gasteiger partial charge on any atom is 0.417 e. The van der Waals surface area contributed by atoms with Crippen LogP contribution in [0.4, 0.5) is 24.5 Å². The van der Waals surface area contributed by atoms with Crippen molar-refractivity contribution in [2.45, 2.75) is 6.18 Å². The topological polar surface area (TPSA) is 98.5 Å². The molecule has 27 heavy (non-hydrogen) atoms. The smallest absolute Gasteiger partial charge is 0.417 e. The highest BCUT2D eigenvalue weighted by Gasteiger charge is 2.33. The maximum atomic E-state index is 12.9. The summed E-state index contributed by atoms with van der Waals surface area (Å²) in [7, 11) is 1.05. The Balaban J connectivity index is 2.40. The molecule has 0 heterocycles. The molecule has 0 fully saturated rings. The molecular formula is C16H10ClF3N2O5. The highest BCUT2D eigenvalue weighted by atomic mass is 35.5. The van der Waals surface area contributed by atoms with E-state index >= 15 is 0 Å². The van der Waals surface area contributed by atoms with Crippen molar-refractivity contribution >= 4 is 34.9 Å². The Hall–Kier alpha value is -3.14. The van der Waals surface area contributed by atoms with Gasteiger partial charge in [-0.1, -0.05) is 11.6 Å². The Kier molecular flexibility index (Phi) is 5.69. The molecule has 0 aliphatic rings. The van der Waals surface area contributed by atoms with Gasteiger partial charge in [0.25, 0.3) is 11.6 Å². The molecule has 0 aliphatic carbocycles. The molecule has 0 unspecified atom stereocenters. The molecule has 0 atom stereocenters. The van der Waals surface area contributed by atoms with Crippen molar-refractivity contribution in [3.05, 3.63) is 68.2 Å². The lowest BCUT2D eigenvalue weighted by Crippen LogP contribution is -2.15. The molecule has 0 bridgehead atoms. The normalized spacial score (nSPS) is 11.0. The second-order valence-electron chi connectivity index (χ2n) is 5.16. The molecule has 0 aliphatic heterocycles. The number of anilines is 1. The van der Waals surface area contributed by atoms with E-state index in [9.17, 15) is 32.9 Å². The summed E-state index contributed by atoms with van der Waals surface area (Å²) < 4.78 is 43.1.